The third kappa shape index (κ3) is 3.38. The first kappa shape index (κ1) is 16.0. The van der Waals surface area contributed by atoms with Crippen molar-refractivity contribution in [1.82, 2.24) is 9.88 Å². The Morgan fingerprint density at radius 2 is 2.00 bits per heavy atom. The van der Waals surface area contributed by atoms with Crippen LogP contribution in [0.4, 0.5) is 13.6 Å². The van der Waals surface area contributed by atoms with Crippen molar-refractivity contribution in [2.45, 2.75) is 26.4 Å². The quantitative estimate of drug-likeness (QED) is 0.802. The maximum Gasteiger partial charge on any atom is 0.410 e. The van der Waals surface area contributed by atoms with Crippen molar-refractivity contribution in [2.24, 2.45) is 17.8 Å². The van der Waals surface area contributed by atoms with E-state index in [4.69, 9.17) is 9.47 Å². The Bertz CT molecular complexity index is 606. The van der Waals surface area contributed by atoms with Crippen LogP contribution in [0, 0.1) is 29.5 Å². The van der Waals surface area contributed by atoms with Crippen LogP contribution in [0.5, 0.6) is 5.75 Å². The number of likely N-dealkylation sites (tertiary alicyclic amines) is 1. The molecule has 1 amide bonds. The number of aromatic nitrogens is 1. The second kappa shape index (κ2) is 5.62. The zero-order valence-corrected chi connectivity index (χ0v) is 13.4. The summed E-state index contributed by atoms with van der Waals surface area (Å²) in [5, 5.41) is 0. The molecule has 0 radical (unpaired) electrons. The molecule has 0 bridgehead atoms. The summed E-state index contributed by atoms with van der Waals surface area (Å²) in [6.07, 6.45) is 0.873. The highest BCUT2D eigenvalue weighted by Gasteiger charge is 2.57. The third-order valence-electron chi connectivity index (χ3n) is 4.27. The maximum atomic E-state index is 13.5. The van der Waals surface area contributed by atoms with Gasteiger partial charge in [-0.2, -0.15) is 8.78 Å². The molecule has 3 rings (SSSR count). The highest BCUT2D eigenvalue weighted by molar-refractivity contribution is 5.69. The highest BCUT2D eigenvalue weighted by Crippen LogP contribution is 2.52. The summed E-state index contributed by atoms with van der Waals surface area (Å²) in [4.78, 5) is 16.9. The molecule has 1 saturated heterocycles. The van der Waals surface area contributed by atoms with Gasteiger partial charge in [0.25, 0.3) is 5.95 Å². The van der Waals surface area contributed by atoms with E-state index in [9.17, 15) is 13.6 Å². The average molecular weight is 326 g/mol. The van der Waals surface area contributed by atoms with Crippen molar-refractivity contribution in [2.75, 3.05) is 19.7 Å². The number of pyridine rings is 1. The molecule has 2 unspecified atom stereocenters. The second-order valence-electron chi connectivity index (χ2n) is 7.10. The summed E-state index contributed by atoms with van der Waals surface area (Å²) < 4.78 is 37.2. The number of fused-ring (bicyclic) bond motifs is 1. The number of carbonyl (C=O) groups excluding carboxylic acids is 1. The number of amides is 1. The van der Waals surface area contributed by atoms with Gasteiger partial charge in [0.1, 0.15) is 5.60 Å². The minimum absolute atomic E-state index is 0.119. The van der Waals surface area contributed by atoms with Crippen LogP contribution in [-0.4, -0.2) is 41.3 Å². The van der Waals surface area contributed by atoms with Crippen LogP contribution >= 0.6 is 0 Å². The molecule has 126 valence electrons. The third-order valence-corrected chi connectivity index (χ3v) is 4.27. The predicted octanol–water partition coefficient (Wildman–Crippen LogP) is 2.85. The Morgan fingerprint density at radius 1 is 1.35 bits per heavy atom. The van der Waals surface area contributed by atoms with Crippen LogP contribution < -0.4 is 4.74 Å². The van der Waals surface area contributed by atoms with Crippen molar-refractivity contribution in [3.05, 3.63) is 24.0 Å². The van der Waals surface area contributed by atoms with Gasteiger partial charge < -0.3 is 14.4 Å². The molecule has 0 aromatic carbocycles. The molecule has 0 spiro atoms. The van der Waals surface area contributed by atoms with Gasteiger partial charge in [-0.05, 0) is 32.6 Å². The lowest BCUT2D eigenvalue weighted by molar-refractivity contribution is 0.0260. The molecule has 1 saturated carbocycles. The lowest BCUT2D eigenvalue weighted by atomic mass is 10.2. The Hall–Kier alpha value is -1.92. The summed E-state index contributed by atoms with van der Waals surface area (Å²) in [5.41, 5.74) is -0.505. The van der Waals surface area contributed by atoms with E-state index in [0.717, 1.165) is 0 Å². The summed E-state index contributed by atoms with van der Waals surface area (Å²) in [5.74, 6) is -1.38. The van der Waals surface area contributed by atoms with Gasteiger partial charge in [-0.25, -0.2) is 9.78 Å². The minimum Gasteiger partial charge on any atom is -0.490 e. The van der Waals surface area contributed by atoms with E-state index < -0.39 is 17.4 Å². The molecule has 2 aliphatic rings. The second-order valence-corrected chi connectivity index (χ2v) is 7.10. The predicted molar refractivity (Wildman–Crippen MR) is 77.9 cm³/mol. The zero-order chi connectivity index (χ0) is 16.8. The van der Waals surface area contributed by atoms with Gasteiger partial charge in [-0.15, -0.1) is 0 Å². The number of carbonyl (C=O) groups is 1. The SMILES string of the molecule is CC(C)(C)OC(=O)N1CC2C(COc3ccnc(F)c3F)C2C1. The first-order valence-electron chi connectivity index (χ1n) is 7.67. The van der Waals surface area contributed by atoms with Crippen molar-refractivity contribution in [3.8, 4) is 5.75 Å². The van der Waals surface area contributed by atoms with E-state index in [0.29, 0.717) is 31.5 Å². The number of hydrogen-bond donors (Lipinski definition) is 0. The fraction of sp³-hybridized carbons (Fsp3) is 0.625. The van der Waals surface area contributed by atoms with Gasteiger partial charge in [0, 0.05) is 31.3 Å². The molecule has 23 heavy (non-hydrogen) atoms. The van der Waals surface area contributed by atoms with Gasteiger partial charge in [0.15, 0.2) is 5.75 Å². The van der Waals surface area contributed by atoms with Gasteiger partial charge in [-0.3, -0.25) is 0 Å². The van der Waals surface area contributed by atoms with Crippen LogP contribution in [0.2, 0.25) is 0 Å². The zero-order valence-electron chi connectivity index (χ0n) is 13.4. The average Bonchev–Trinajstić information content (AvgIpc) is 2.90. The number of piperidine rings is 1. The number of halogens is 2. The highest BCUT2D eigenvalue weighted by atomic mass is 19.2. The van der Waals surface area contributed by atoms with Gasteiger partial charge in [-0.1, -0.05) is 0 Å². The molecule has 1 aromatic rings. The number of hydrogen-bond acceptors (Lipinski definition) is 4. The standard InChI is InChI=1S/C16H20F2N2O3/c1-16(2,3)23-15(21)20-6-9-10(7-20)11(9)8-22-12-4-5-19-14(18)13(12)17/h4-5,9-11H,6-8H2,1-3H3. The summed E-state index contributed by atoms with van der Waals surface area (Å²) >= 11 is 0. The van der Waals surface area contributed by atoms with Crippen molar-refractivity contribution < 1.29 is 23.0 Å². The van der Waals surface area contributed by atoms with E-state index in [1.807, 2.05) is 20.8 Å². The molecule has 7 heteroatoms. The van der Waals surface area contributed by atoms with E-state index >= 15 is 0 Å². The fourth-order valence-electron chi connectivity index (χ4n) is 3.07. The molecular weight excluding hydrogens is 306 g/mol. The summed E-state index contributed by atoms with van der Waals surface area (Å²) in [6, 6.07) is 1.31. The van der Waals surface area contributed by atoms with Crippen molar-refractivity contribution >= 4 is 6.09 Å². The molecule has 0 N–H and O–H groups in total. The molecule has 2 fully saturated rings. The topological polar surface area (TPSA) is 51.7 Å². The van der Waals surface area contributed by atoms with Crippen molar-refractivity contribution in [1.29, 1.82) is 0 Å². The normalized spacial score (nSPS) is 26.0. The van der Waals surface area contributed by atoms with Crippen LogP contribution in [0.1, 0.15) is 20.8 Å². The fourth-order valence-corrected chi connectivity index (χ4v) is 3.07. The van der Waals surface area contributed by atoms with E-state index in [-0.39, 0.29) is 17.8 Å². The van der Waals surface area contributed by atoms with E-state index in [2.05, 4.69) is 4.98 Å². The van der Waals surface area contributed by atoms with Gasteiger partial charge in [0.05, 0.1) is 6.61 Å². The first-order chi connectivity index (χ1) is 10.8. The van der Waals surface area contributed by atoms with Crippen LogP contribution in [-0.2, 0) is 4.74 Å². The molecule has 1 aliphatic heterocycles. The first-order valence-corrected chi connectivity index (χ1v) is 7.67. The van der Waals surface area contributed by atoms with Gasteiger partial charge in [0.2, 0.25) is 5.82 Å². The van der Waals surface area contributed by atoms with Gasteiger partial charge >= 0.3 is 6.09 Å². The Labute approximate surface area is 133 Å². The molecular formula is C16H20F2N2O3. The number of nitrogens with zero attached hydrogens (tertiary/aromatic N) is 2. The largest absolute Gasteiger partial charge is 0.490 e. The molecule has 2 atom stereocenters. The summed E-state index contributed by atoms with van der Waals surface area (Å²) in [7, 11) is 0. The molecule has 5 nitrogen and oxygen atoms in total. The lowest BCUT2D eigenvalue weighted by Gasteiger charge is -2.25. The Balaban J connectivity index is 1.47. The van der Waals surface area contributed by atoms with E-state index in [1.54, 1.807) is 4.90 Å². The Morgan fingerprint density at radius 3 is 2.61 bits per heavy atom. The van der Waals surface area contributed by atoms with Crippen LogP contribution in [0.25, 0.3) is 0 Å². The lowest BCUT2D eigenvalue weighted by Crippen LogP contribution is -2.37. The number of ether oxygens (including phenoxy) is 2. The smallest absolute Gasteiger partial charge is 0.410 e. The summed E-state index contributed by atoms with van der Waals surface area (Å²) in [6.45, 7) is 7.07. The molecule has 2 heterocycles. The van der Waals surface area contributed by atoms with Crippen LogP contribution in [0.15, 0.2) is 12.3 Å². The maximum absolute atomic E-state index is 13.5. The van der Waals surface area contributed by atoms with Crippen LogP contribution in [0.3, 0.4) is 0 Å². The number of rotatable bonds is 3. The van der Waals surface area contributed by atoms with Crippen molar-refractivity contribution in [3.63, 3.8) is 0 Å². The Kier molecular flexibility index (Phi) is 3.90. The van der Waals surface area contributed by atoms with E-state index in [1.165, 1.54) is 12.3 Å². The monoisotopic (exact) mass is 326 g/mol. The minimum atomic E-state index is -1.16. The molecule has 1 aromatic heterocycles. The molecule has 1 aliphatic carbocycles.